The molecular weight excluding hydrogens is 350 g/mol. The van der Waals surface area contributed by atoms with E-state index in [9.17, 15) is 5.11 Å². The zero-order chi connectivity index (χ0) is 19.7. The second kappa shape index (κ2) is 7.78. The van der Waals surface area contributed by atoms with Crippen molar-refractivity contribution in [2.24, 2.45) is 0 Å². The maximum atomic E-state index is 11.9. The lowest BCUT2D eigenvalue weighted by Gasteiger charge is -2.51. The molecule has 1 aromatic carbocycles. The first-order valence-electron chi connectivity index (χ1n) is 10.2. The zero-order valence-electron chi connectivity index (χ0n) is 17.2. The molecule has 28 heavy (non-hydrogen) atoms. The molecule has 6 heteroatoms. The van der Waals surface area contributed by atoms with E-state index >= 15 is 0 Å². The van der Waals surface area contributed by atoms with Gasteiger partial charge < -0.3 is 14.9 Å². The molecule has 2 aromatic rings. The molecule has 0 unspecified atom stereocenters. The number of likely N-dealkylation sites (N-methyl/N-ethyl adjacent to an activating group) is 1. The van der Waals surface area contributed by atoms with Gasteiger partial charge in [-0.3, -0.25) is 4.90 Å². The lowest BCUT2D eigenvalue weighted by molar-refractivity contribution is -0.0758. The van der Waals surface area contributed by atoms with Crippen LogP contribution in [0.5, 0.6) is 0 Å². The largest absolute Gasteiger partial charge is 0.383 e. The number of aryl methyl sites for hydroxylation is 2. The zero-order valence-corrected chi connectivity index (χ0v) is 17.2. The smallest absolute Gasteiger partial charge is 0.225 e. The van der Waals surface area contributed by atoms with Crippen LogP contribution in [0.1, 0.15) is 23.4 Å². The maximum absolute atomic E-state index is 11.9. The molecule has 3 heterocycles. The molecule has 0 saturated carbocycles. The van der Waals surface area contributed by atoms with Crippen molar-refractivity contribution in [1.82, 2.24) is 19.8 Å². The predicted octanol–water partition coefficient (Wildman–Crippen LogP) is 1.81. The Morgan fingerprint density at radius 1 is 0.964 bits per heavy atom. The highest BCUT2D eigenvalue weighted by Crippen LogP contribution is 2.37. The van der Waals surface area contributed by atoms with Crippen molar-refractivity contribution < 1.29 is 5.11 Å². The number of nitrogens with zero attached hydrogens (tertiary/aromatic N) is 5. The second-order valence-corrected chi connectivity index (χ2v) is 8.29. The van der Waals surface area contributed by atoms with Gasteiger partial charge in [0.1, 0.15) is 5.60 Å². The number of rotatable bonds is 3. The van der Waals surface area contributed by atoms with Crippen LogP contribution in [0.2, 0.25) is 0 Å². The van der Waals surface area contributed by atoms with E-state index in [4.69, 9.17) is 0 Å². The highest BCUT2D eigenvalue weighted by Gasteiger charge is 2.46. The number of piperazine rings is 1. The van der Waals surface area contributed by atoms with Gasteiger partial charge >= 0.3 is 0 Å². The minimum Gasteiger partial charge on any atom is -0.383 e. The van der Waals surface area contributed by atoms with Crippen LogP contribution in [0, 0.1) is 13.8 Å². The fraction of sp³-hybridized carbons (Fsp3) is 0.545. The van der Waals surface area contributed by atoms with E-state index in [1.165, 1.54) is 0 Å². The summed E-state index contributed by atoms with van der Waals surface area (Å²) in [6, 6.07) is 12.2. The summed E-state index contributed by atoms with van der Waals surface area (Å²) in [6.07, 6.45) is 0.671. The molecule has 2 fully saturated rings. The van der Waals surface area contributed by atoms with Crippen LogP contribution in [0.15, 0.2) is 36.4 Å². The Balaban J connectivity index is 1.65. The summed E-state index contributed by atoms with van der Waals surface area (Å²) in [7, 11) is 2.16. The summed E-state index contributed by atoms with van der Waals surface area (Å²) in [6.45, 7) is 9.51. The average molecular weight is 382 g/mol. The standard InChI is InChI=1S/C22H31N5O/c1-17-15-18(2)24-21(23-17)27-10-9-22(28,19-7-5-4-6-8-19)20(16-27)26-13-11-25(3)12-14-26/h4-8,15,20,28H,9-14,16H2,1-3H3/t20-,22+/m1/s1. The summed E-state index contributed by atoms with van der Waals surface area (Å²) in [4.78, 5) is 16.4. The van der Waals surface area contributed by atoms with Gasteiger partial charge in [-0.2, -0.15) is 0 Å². The molecule has 2 atom stereocenters. The molecule has 0 spiro atoms. The van der Waals surface area contributed by atoms with E-state index in [0.29, 0.717) is 6.42 Å². The molecule has 0 aliphatic carbocycles. The molecule has 0 radical (unpaired) electrons. The number of piperidine rings is 1. The van der Waals surface area contributed by atoms with Crippen LogP contribution in [0.4, 0.5) is 5.95 Å². The van der Waals surface area contributed by atoms with Crippen molar-refractivity contribution in [3.8, 4) is 0 Å². The summed E-state index contributed by atoms with van der Waals surface area (Å²) < 4.78 is 0. The van der Waals surface area contributed by atoms with Gasteiger partial charge in [-0.25, -0.2) is 9.97 Å². The Morgan fingerprint density at radius 2 is 1.61 bits per heavy atom. The number of aliphatic hydroxyl groups is 1. The Kier molecular flexibility index (Phi) is 5.36. The summed E-state index contributed by atoms with van der Waals surface area (Å²) in [5, 5.41) is 11.9. The minimum absolute atomic E-state index is 0.0155. The number of anilines is 1. The van der Waals surface area contributed by atoms with Crippen LogP contribution in [0.3, 0.4) is 0 Å². The summed E-state index contributed by atoms with van der Waals surface area (Å²) in [5.41, 5.74) is 2.14. The third-order valence-corrected chi connectivity index (χ3v) is 6.21. The minimum atomic E-state index is -0.855. The van der Waals surface area contributed by atoms with Crippen molar-refractivity contribution >= 4 is 5.95 Å². The van der Waals surface area contributed by atoms with E-state index in [2.05, 4.69) is 43.8 Å². The molecule has 2 aliphatic rings. The molecule has 2 saturated heterocycles. The van der Waals surface area contributed by atoms with Gasteiger partial charge in [0.25, 0.3) is 0 Å². The van der Waals surface area contributed by atoms with Crippen LogP contribution in [-0.4, -0.2) is 77.2 Å². The van der Waals surface area contributed by atoms with E-state index < -0.39 is 5.60 Å². The fourth-order valence-electron chi connectivity index (χ4n) is 4.57. The quantitative estimate of drug-likeness (QED) is 0.875. The number of benzene rings is 1. The Morgan fingerprint density at radius 3 is 2.25 bits per heavy atom. The number of aromatic nitrogens is 2. The lowest BCUT2D eigenvalue weighted by atomic mass is 9.79. The Bertz CT molecular complexity index is 786. The van der Waals surface area contributed by atoms with Gasteiger partial charge in [0.05, 0.1) is 6.04 Å². The van der Waals surface area contributed by atoms with E-state index in [1.807, 2.05) is 38.1 Å². The van der Waals surface area contributed by atoms with Crippen LogP contribution >= 0.6 is 0 Å². The number of hydrogen-bond donors (Lipinski definition) is 1. The Labute approximate surface area is 167 Å². The van der Waals surface area contributed by atoms with Crippen LogP contribution in [0.25, 0.3) is 0 Å². The SMILES string of the molecule is Cc1cc(C)nc(N2CC[C@](O)(c3ccccc3)[C@H](N3CCN(C)CC3)C2)n1. The van der Waals surface area contributed by atoms with Gasteiger partial charge in [-0.1, -0.05) is 30.3 Å². The lowest BCUT2D eigenvalue weighted by Crippen LogP contribution is -2.64. The number of hydrogen-bond acceptors (Lipinski definition) is 6. The summed E-state index contributed by atoms with van der Waals surface area (Å²) >= 11 is 0. The van der Waals surface area contributed by atoms with Crippen molar-refractivity contribution in [2.75, 3.05) is 51.2 Å². The molecule has 6 nitrogen and oxygen atoms in total. The molecular formula is C22H31N5O. The topological polar surface area (TPSA) is 55.7 Å². The predicted molar refractivity (Wildman–Crippen MR) is 112 cm³/mol. The highest BCUT2D eigenvalue weighted by molar-refractivity contribution is 5.37. The molecule has 1 N–H and O–H groups in total. The first-order valence-corrected chi connectivity index (χ1v) is 10.2. The average Bonchev–Trinajstić information content (AvgIpc) is 2.69. The molecule has 2 aliphatic heterocycles. The van der Waals surface area contributed by atoms with Gasteiger partial charge in [-0.05, 0) is 38.9 Å². The van der Waals surface area contributed by atoms with Crippen molar-refractivity contribution in [3.63, 3.8) is 0 Å². The van der Waals surface area contributed by atoms with E-state index in [-0.39, 0.29) is 6.04 Å². The third kappa shape index (κ3) is 3.77. The maximum Gasteiger partial charge on any atom is 0.225 e. The monoisotopic (exact) mass is 381 g/mol. The van der Waals surface area contributed by atoms with Crippen molar-refractivity contribution in [1.29, 1.82) is 0 Å². The van der Waals surface area contributed by atoms with E-state index in [1.54, 1.807) is 0 Å². The first-order chi connectivity index (χ1) is 13.5. The van der Waals surface area contributed by atoms with E-state index in [0.717, 1.165) is 62.2 Å². The van der Waals surface area contributed by atoms with Gasteiger partial charge in [-0.15, -0.1) is 0 Å². The Hall–Kier alpha value is -2.02. The summed E-state index contributed by atoms with van der Waals surface area (Å²) in [5.74, 6) is 0.784. The first kappa shape index (κ1) is 19.3. The second-order valence-electron chi connectivity index (χ2n) is 8.29. The molecule has 4 rings (SSSR count). The fourth-order valence-corrected chi connectivity index (χ4v) is 4.57. The van der Waals surface area contributed by atoms with Crippen molar-refractivity contribution in [2.45, 2.75) is 31.9 Å². The molecule has 150 valence electrons. The van der Waals surface area contributed by atoms with Gasteiger partial charge in [0.2, 0.25) is 5.95 Å². The van der Waals surface area contributed by atoms with Crippen LogP contribution in [-0.2, 0) is 5.60 Å². The molecule has 0 amide bonds. The van der Waals surface area contributed by atoms with Gasteiger partial charge in [0, 0.05) is 50.7 Å². The van der Waals surface area contributed by atoms with Crippen LogP contribution < -0.4 is 4.90 Å². The van der Waals surface area contributed by atoms with Gasteiger partial charge in [0.15, 0.2) is 0 Å². The van der Waals surface area contributed by atoms with Crippen molar-refractivity contribution in [3.05, 3.63) is 53.3 Å². The normalized spacial score (nSPS) is 27.1. The highest BCUT2D eigenvalue weighted by atomic mass is 16.3. The third-order valence-electron chi connectivity index (χ3n) is 6.21. The molecule has 1 aromatic heterocycles. The molecule has 0 bridgehead atoms.